The number of aromatic nitrogens is 2. The zero-order chi connectivity index (χ0) is 23.9. The predicted molar refractivity (Wildman–Crippen MR) is 124 cm³/mol. The molecule has 0 aliphatic carbocycles. The molecule has 0 saturated carbocycles. The highest BCUT2D eigenvalue weighted by Gasteiger charge is 2.38. The van der Waals surface area contributed by atoms with Gasteiger partial charge in [-0.2, -0.15) is 9.40 Å². The number of fused-ring (bicyclic) bond motifs is 1. The van der Waals surface area contributed by atoms with Crippen LogP contribution in [0.3, 0.4) is 0 Å². The number of amides is 2. The van der Waals surface area contributed by atoms with E-state index >= 15 is 0 Å². The van der Waals surface area contributed by atoms with E-state index in [1.165, 1.54) is 16.1 Å². The van der Waals surface area contributed by atoms with Crippen LogP contribution in [0.25, 0.3) is 0 Å². The van der Waals surface area contributed by atoms with Gasteiger partial charge in [0.25, 0.3) is 0 Å². The largest absolute Gasteiger partial charge is 0.350 e. The van der Waals surface area contributed by atoms with Gasteiger partial charge < -0.3 is 5.32 Å². The topological polar surface area (TPSA) is 105 Å². The number of piperidine rings is 1. The minimum absolute atomic E-state index is 0.217. The molecule has 1 fully saturated rings. The molecule has 0 spiro atoms. The van der Waals surface area contributed by atoms with E-state index in [0.29, 0.717) is 30.9 Å². The number of carbonyl (C=O) groups is 2. The molecule has 33 heavy (non-hydrogen) atoms. The summed E-state index contributed by atoms with van der Waals surface area (Å²) in [6.45, 7) is 6.63. The Morgan fingerprint density at radius 2 is 1.85 bits per heavy atom. The van der Waals surface area contributed by atoms with Gasteiger partial charge in [-0.3, -0.25) is 19.2 Å². The van der Waals surface area contributed by atoms with E-state index in [-0.39, 0.29) is 23.1 Å². The highest BCUT2D eigenvalue weighted by Crippen LogP contribution is 2.35. The standard InChI is InChI=1S/C23H31N5O4S/c1-15-20(16(2)26(4)25-15)14-24-23(30)22-13-18-12-19(8-9-21(18)28(22)17(3)29)33(31,32)27-10-6-5-7-11-27/h8-9,12,22H,5-7,10-11,13-14H2,1-4H3,(H,24,30)/t22-/m1/s1. The predicted octanol–water partition coefficient (Wildman–Crippen LogP) is 1.81. The Balaban J connectivity index is 1.56. The molecule has 2 aromatic rings. The van der Waals surface area contributed by atoms with Crippen LogP contribution >= 0.6 is 0 Å². The molecule has 9 nitrogen and oxygen atoms in total. The lowest BCUT2D eigenvalue weighted by atomic mass is 10.1. The number of hydrogen-bond acceptors (Lipinski definition) is 5. The van der Waals surface area contributed by atoms with Crippen molar-refractivity contribution in [3.8, 4) is 0 Å². The molecule has 1 atom stereocenters. The number of rotatable bonds is 5. The molecule has 2 aliphatic rings. The second kappa shape index (κ2) is 8.90. The summed E-state index contributed by atoms with van der Waals surface area (Å²) in [7, 11) is -1.74. The molecule has 2 amide bonds. The lowest BCUT2D eigenvalue weighted by molar-refractivity contribution is -0.125. The van der Waals surface area contributed by atoms with Crippen molar-refractivity contribution in [1.29, 1.82) is 0 Å². The molecule has 1 saturated heterocycles. The van der Waals surface area contributed by atoms with E-state index in [0.717, 1.165) is 36.2 Å². The van der Waals surface area contributed by atoms with Gasteiger partial charge in [0, 0.05) is 57.0 Å². The maximum atomic E-state index is 13.1. The number of nitrogens with one attached hydrogen (secondary N) is 1. The van der Waals surface area contributed by atoms with Crippen LogP contribution in [-0.4, -0.2) is 53.4 Å². The van der Waals surface area contributed by atoms with Crippen LogP contribution < -0.4 is 10.2 Å². The van der Waals surface area contributed by atoms with Crippen LogP contribution in [0.1, 0.15) is 48.7 Å². The molecule has 0 radical (unpaired) electrons. The fourth-order valence-corrected chi connectivity index (χ4v) is 6.38. The summed E-state index contributed by atoms with van der Waals surface area (Å²) in [6, 6.07) is 4.10. The van der Waals surface area contributed by atoms with Gasteiger partial charge in [-0.05, 0) is 50.5 Å². The zero-order valence-corrected chi connectivity index (χ0v) is 20.4. The Kier molecular flexibility index (Phi) is 6.32. The normalized spacial score (nSPS) is 18.9. The lowest BCUT2D eigenvalue weighted by Gasteiger charge is -2.26. The molecule has 10 heteroatoms. The molecule has 1 N–H and O–H groups in total. The van der Waals surface area contributed by atoms with Crippen molar-refractivity contribution in [2.24, 2.45) is 7.05 Å². The number of aryl methyl sites for hydroxylation is 2. The number of anilines is 1. The Bertz CT molecular complexity index is 1200. The monoisotopic (exact) mass is 473 g/mol. The van der Waals surface area contributed by atoms with Gasteiger partial charge in [-0.25, -0.2) is 8.42 Å². The fraction of sp³-hybridized carbons (Fsp3) is 0.522. The third-order valence-electron chi connectivity index (χ3n) is 6.73. The second-order valence-corrected chi connectivity index (χ2v) is 10.8. The van der Waals surface area contributed by atoms with Crippen molar-refractivity contribution >= 4 is 27.5 Å². The maximum Gasteiger partial charge on any atom is 0.243 e. The van der Waals surface area contributed by atoms with Gasteiger partial charge in [0.1, 0.15) is 6.04 Å². The molecule has 2 aliphatic heterocycles. The first-order valence-electron chi connectivity index (χ1n) is 11.3. The van der Waals surface area contributed by atoms with E-state index in [1.807, 2.05) is 20.9 Å². The van der Waals surface area contributed by atoms with Crippen LogP contribution in [0.15, 0.2) is 23.1 Å². The summed E-state index contributed by atoms with van der Waals surface area (Å²) >= 11 is 0. The van der Waals surface area contributed by atoms with Crippen molar-refractivity contribution in [1.82, 2.24) is 19.4 Å². The van der Waals surface area contributed by atoms with E-state index < -0.39 is 16.1 Å². The molecule has 0 bridgehead atoms. The highest BCUT2D eigenvalue weighted by atomic mass is 32.2. The molecule has 3 heterocycles. The Morgan fingerprint density at radius 1 is 1.15 bits per heavy atom. The summed E-state index contributed by atoms with van der Waals surface area (Å²) < 4.78 is 29.5. The van der Waals surface area contributed by atoms with Crippen molar-refractivity contribution in [2.45, 2.75) is 63.9 Å². The smallest absolute Gasteiger partial charge is 0.243 e. The summed E-state index contributed by atoms with van der Waals surface area (Å²) in [5.74, 6) is -0.529. The van der Waals surface area contributed by atoms with Crippen molar-refractivity contribution < 1.29 is 18.0 Å². The van der Waals surface area contributed by atoms with Crippen LogP contribution in [-0.2, 0) is 39.6 Å². The first kappa shape index (κ1) is 23.4. The van der Waals surface area contributed by atoms with Gasteiger partial charge in [-0.1, -0.05) is 6.42 Å². The van der Waals surface area contributed by atoms with E-state index in [2.05, 4.69) is 10.4 Å². The van der Waals surface area contributed by atoms with E-state index in [4.69, 9.17) is 0 Å². The Morgan fingerprint density at radius 3 is 2.45 bits per heavy atom. The summed E-state index contributed by atoms with van der Waals surface area (Å²) in [4.78, 5) is 27.2. The molecule has 178 valence electrons. The van der Waals surface area contributed by atoms with Gasteiger partial charge >= 0.3 is 0 Å². The van der Waals surface area contributed by atoms with Crippen LogP contribution in [0.4, 0.5) is 5.69 Å². The first-order chi connectivity index (χ1) is 15.6. The average Bonchev–Trinajstić information content (AvgIpc) is 3.29. The lowest BCUT2D eigenvalue weighted by Crippen LogP contribution is -2.47. The SMILES string of the molecule is CC(=O)N1c2ccc(S(=O)(=O)N3CCCCC3)cc2C[C@@H]1C(=O)NCc1c(C)nn(C)c1C. The third kappa shape index (κ3) is 4.29. The van der Waals surface area contributed by atoms with Crippen molar-refractivity contribution in [2.75, 3.05) is 18.0 Å². The molecular formula is C23H31N5O4S. The summed E-state index contributed by atoms with van der Waals surface area (Å²) in [6.07, 6.45) is 3.04. The molecule has 0 unspecified atom stereocenters. The quantitative estimate of drug-likeness (QED) is 0.713. The molecule has 1 aromatic heterocycles. The Hall–Kier alpha value is -2.72. The third-order valence-corrected chi connectivity index (χ3v) is 8.62. The van der Waals surface area contributed by atoms with E-state index in [9.17, 15) is 18.0 Å². The number of benzene rings is 1. The van der Waals surface area contributed by atoms with Crippen molar-refractivity contribution in [3.63, 3.8) is 0 Å². The second-order valence-electron chi connectivity index (χ2n) is 8.85. The van der Waals surface area contributed by atoms with Gasteiger partial charge in [0.15, 0.2) is 0 Å². The first-order valence-corrected chi connectivity index (χ1v) is 12.7. The number of hydrogen-bond donors (Lipinski definition) is 1. The van der Waals surface area contributed by atoms with Crippen LogP contribution in [0, 0.1) is 13.8 Å². The number of sulfonamides is 1. The van der Waals surface area contributed by atoms with Gasteiger partial charge in [0.2, 0.25) is 21.8 Å². The average molecular weight is 474 g/mol. The Labute approximate surface area is 194 Å². The number of carbonyl (C=O) groups excluding carboxylic acids is 2. The minimum Gasteiger partial charge on any atom is -0.350 e. The molecule has 4 rings (SSSR count). The zero-order valence-electron chi connectivity index (χ0n) is 19.6. The minimum atomic E-state index is -3.59. The number of nitrogens with zero attached hydrogens (tertiary/aromatic N) is 4. The fourth-order valence-electron chi connectivity index (χ4n) is 4.81. The van der Waals surface area contributed by atoms with Crippen LogP contribution in [0.5, 0.6) is 0 Å². The molecule has 1 aromatic carbocycles. The maximum absolute atomic E-state index is 13.1. The van der Waals surface area contributed by atoms with Crippen molar-refractivity contribution in [3.05, 3.63) is 40.7 Å². The highest BCUT2D eigenvalue weighted by molar-refractivity contribution is 7.89. The summed E-state index contributed by atoms with van der Waals surface area (Å²) in [5.41, 5.74) is 4.05. The van der Waals surface area contributed by atoms with Gasteiger partial charge in [-0.15, -0.1) is 0 Å². The van der Waals surface area contributed by atoms with Crippen LogP contribution in [0.2, 0.25) is 0 Å². The summed E-state index contributed by atoms with van der Waals surface area (Å²) in [5, 5.41) is 7.31. The van der Waals surface area contributed by atoms with E-state index in [1.54, 1.807) is 22.9 Å². The van der Waals surface area contributed by atoms with Gasteiger partial charge in [0.05, 0.1) is 10.6 Å². The molecular weight excluding hydrogens is 442 g/mol.